The summed E-state index contributed by atoms with van der Waals surface area (Å²) in [6.45, 7) is 0.891. The maximum Gasteiger partial charge on any atom is 0.408 e. The van der Waals surface area contributed by atoms with Gasteiger partial charge in [0.2, 0.25) is 0 Å². The Morgan fingerprint density at radius 1 is 1.11 bits per heavy atom. The molecular weight excluding hydrogens is 504 g/mol. The fraction of sp³-hybridized carbons (Fsp3) is 0.348. The number of aromatic nitrogens is 4. The molecule has 2 N–H and O–H groups in total. The van der Waals surface area contributed by atoms with Gasteiger partial charge in [0.25, 0.3) is 0 Å². The number of benzene rings is 1. The van der Waals surface area contributed by atoms with Crippen LogP contribution in [-0.2, 0) is 11.3 Å². The molecule has 188 valence electrons. The summed E-state index contributed by atoms with van der Waals surface area (Å²) in [7, 11) is 1.61. The average molecular weight is 529 g/mol. The first-order chi connectivity index (χ1) is 15.8. The van der Waals surface area contributed by atoms with Crippen molar-refractivity contribution in [3.05, 3.63) is 59.8 Å². The lowest BCUT2D eigenvalue weighted by atomic mass is 10.1. The van der Waals surface area contributed by atoms with Crippen molar-refractivity contribution < 1.29 is 17.9 Å². The SMILES string of the molecule is COCc1cccc2ccc(-c3nnc4ccc([C@@H](N5CCC(N)C5)C(F)(F)F)cn34)nc12.Cl.Cl. The Kier molecular flexibility index (Phi) is 8.23. The van der Waals surface area contributed by atoms with Gasteiger partial charge >= 0.3 is 6.18 Å². The monoisotopic (exact) mass is 528 g/mol. The molecular formula is C23H25Cl2F3N6O. The number of hydrogen-bond donors (Lipinski definition) is 1. The summed E-state index contributed by atoms with van der Waals surface area (Å²) >= 11 is 0. The fourth-order valence-corrected chi connectivity index (χ4v) is 4.51. The van der Waals surface area contributed by atoms with E-state index in [-0.39, 0.29) is 43.0 Å². The summed E-state index contributed by atoms with van der Waals surface area (Å²) in [5.41, 5.74) is 8.63. The quantitative estimate of drug-likeness (QED) is 0.408. The van der Waals surface area contributed by atoms with E-state index in [1.54, 1.807) is 23.6 Å². The largest absolute Gasteiger partial charge is 0.408 e. The lowest BCUT2D eigenvalue weighted by molar-refractivity contribution is -0.183. The molecule has 1 aliphatic rings. The summed E-state index contributed by atoms with van der Waals surface area (Å²) in [4.78, 5) is 6.13. The Hall–Kier alpha value is -2.50. The van der Waals surface area contributed by atoms with Crippen molar-refractivity contribution in [2.75, 3.05) is 20.2 Å². The Balaban J connectivity index is 0.00000171. The summed E-state index contributed by atoms with van der Waals surface area (Å²) < 4.78 is 49.1. The average Bonchev–Trinajstić information content (AvgIpc) is 3.39. The number of halogens is 5. The molecule has 5 rings (SSSR count). The van der Waals surface area contributed by atoms with Crippen LogP contribution in [0.4, 0.5) is 13.2 Å². The number of pyridine rings is 2. The zero-order chi connectivity index (χ0) is 23.2. The third kappa shape index (κ3) is 5.22. The molecule has 1 aromatic carbocycles. The van der Waals surface area contributed by atoms with E-state index in [0.717, 1.165) is 16.5 Å². The molecule has 0 saturated carbocycles. The predicted molar refractivity (Wildman–Crippen MR) is 132 cm³/mol. The van der Waals surface area contributed by atoms with Crippen LogP contribution < -0.4 is 5.73 Å². The van der Waals surface area contributed by atoms with E-state index in [4.69, 9.17) is 15.5 Å². The van der Waals surface area contributed by atoms with Gasteiger partial charge in [-0.3, -0.25) is 9.30 Å². The van der Waals surface area contributed by atoms with Gasteiger partial charge in [-0.15, -0.1) is 35.0 Å². The molecule has 1 fully saturated rings. The number of likely N-dealkylation sites (tertiary alicyclic amines) is 1. The third-order valence-corrected chi connectivity index (χ3v) is 6.01. The highest BCUT2D eigenvalue weighted by atomic mass is 35.5. The molecule has 7 nitrogen and oxygen atoms in total. The van der Waals surface area contributed by atoms with Crippen LogP contribution in [0.1, 0.15) is 23.6 Å². The first kappa shape index (κ1) is 27.1. The normalized spacial score (nSPS) is 17.3. The zero-order valence-corrected chi connectivity index (χ0v) is 20.4. The number of para-hydroxylation sites is 1. The van der Waals surface area contributed by atoms with E-state index in [0.29, 0.717) is 36.7 Å². The number of rotatable bonds is 5. The standard InChI is InChI=1S/C23H23F3N6O.2ClH/c1-33-13-16-4-2-3-14-5-7-18(28-20(14)16)22-30-29-19-8-6-15(11-32(19)22)21(23(24,25)26)31-10-9-17(27)12-31;;/h2-8,11,17,21H,9-10,12-13,27H2,1H3;2*1H/t17?,21-;;/m1../s1. The van der Waals surface area contributed by atoms with Gasteiger partial charge in [0, 0.05) is 43.4 Å². The van der Waals surface area contributed by atoms with Crippen LogP contribution in [0.25, 0.3) is 28.1 Å². The van der Waals surface area contributed by atoms with Crippen molar-refractivity contribution >= 4 is 41.4 Å². The highest BCUT2D eigenvalue weighted by molar-refractivity contribution is 5.86. The van der Waals surface area contributed by atoms with Gasteiger partial charge < -0.3 is 10.5 Å². The summed E-state index contributed by atoms with van der Waals surface area (Å²) in [6, 6.07) is 10.5. The van der Waals surface area contributed by atoms with Crippen LogP contribution in [0.5, 0.6) is 0 Å². The van der Waals surface area contributed by atoms with Gasteiger partial charge in [-0.25, -0.2) is 4.98 Å². The van der Waals surface area contributed by atoms with Crippen molar-refractivity contribution in [2.45, 2.75) is 31.3 Å². The number of fused-ring (bicyclic) bond motifs is 2. The number of alkyl halides is 3. The number of nitrogens with zero attached hydrogens (tertiary/aromatic N) is 5. The summed E-state index contributed by atoms with van der Waals surface area (Å²) in [6.07, 6.45) is -2.45. The second kappa shape index (κ2) is 10.6. The van der Waals surface area contributed by atoms with Crippen LogP contribution in [-0.4, -0.2) is 56.9 Å². The van der Waals surface area contributed by atoms with Crippen molar-refractivity contribution in [3.63, 3.8) is 0 Å². The molecule has 4 aromatic rings. The second-order valence-corrected chi connectivity index (χ2v) is 8.32. The van der Waals surface area contributed by atoms with Crippen molar-refractivity contribution in [2.24, 2.45) is 5.73 Å². The molecule has 1 saturated heterocycles. The van der Waals surface area contributed by atoms with E-state index in [1.165, 1.54) is 17.2 Å². The van der Waals surface area contributed by atoms with Crippen LogP contribution in [0, 0.1) is 0 Å². The Labute approximate surface area is 212 Å². The first-order valence-electron chi connectivity index (χ1n) is 10.6. The van der Waals surface area contributed by atoms with Gasteiger partial charge in [0.05, 0.1) is 12.1 Å². The second-order valence-electron chi connectivity index (χ2n) is 8.32. The molecule has 0 spiro atoms. The molecule has 0 amide bonds. The minimum atomic E-state index is -4.44. The van der Waals surface area contributed by atoms with E-state index in [1.807, 2.05) is 24.3 Å². The van der Waals surface area contributed by atoms with Crippen LogP contribution in [0.2, 0.25) is 0 Å². The minimum absolute atomic E-state index is 0. The van der Waals surface area contributed by atoms with Gasteiger partial charge in [-0.05, 0) is 24.1 Å². The summed E-state index contributed by atoms with van der Waals surface area (Å²) in [5, 5.41) is 9.30. The smallest absolute Gasteiger partial charge is 0.380 e. The highest BCUT2D eigenvalue weighted by Crippen LogP contribution is 2.39. The van der Waals surface area contributed by atoms with Gasteiger partial charge in [0.1, 0.15) is 11.7 Å². The maximum atomic E-state index is 14.1. The van der Waals surface area contributed by atoms with Gasteiger partial charge in [0.15, 0.2) is 11.5 Å². The van der Waals surface area contributed by atoms with Crippen molar-refractivity contribution in [1.29, 1.82) is 0 Å². The third-order valence-electron chi connectivity index (χ3n) is 6.01. The number of methoxy groups -OCH3 is 1. The predicted octanol–water partition coefficient (Wildman–Crippen LogP) is 4.57. The van der Waals surface area contributed by atoms with Crippen molar-refractivity contribution in [1.82, 2.24) is 24.5 Å². The number of ether oxygens (including phenoxy) is 1. The Bertz CT molecular complexity index is 1320. The van der Waals surface area contributed by atoms with Crippen molar-refractivity contribution in [3.8, 4) is 11.5 Å². The Morgan fingerprint density at radius 2 is 1.91 bits per heavy atom. The molecule has 2 atom stereocenters. The van der Waals surface area contributed by atoms with Crippen LogP contribution in [0.15, 0.2) is 48.7 Å². The molecule has 3 aromatic heterocycles. The highest BCUT2D eigenvalue weighted by Gasteiger charge is 2.46. The van der Waals surface area contributed by atoms with E-state index < -0.39 is 12.2 Å². The minimum Gasteiger partial charge on any atom is -0.380 e. The number of hydrogen-bond acceptors (Lipinski definition) is 6. The lowest BCUT2D eigenvalue weighted by Crippen LogP contribution is -2.38. The molecule has 0 aliphatic carbocycles. The topological polar surface area (TPSA) is 81.6 Å². The van der Waals surface area contributed by atoms with Gasteiger partial charge in [-0.2, -0.15) is 13.2 Å². The first-order valence-corrected chi connectivity index (χ1v) is 10.6. The fourth-order valence-electron chi connectivity index (χ4n) is 4.51. The molecule has 0 bridgehead atoms. The van der Waals surface area contributed by atoms with Crippen LogP contribution >= 0.6 is 24.8 Å². The molecule has 35 heavy (non-hydrogen) atoms. The molecule has 1 unspecified atom stereocenters. The summed E-state index contributed by atoms with van der Waals surface area (Å²) in [5.74, 6) is 0.375. The maximum absolute atomic E-state index is 14.1. The molecule has 12 heteroatoms. The number of nitrogens with two attached hydrogens (primary N) is 1. The van der Waals surface area contributed by atoms with E-state index in [2.05, 4.69) is 10.2 Å². The van der Waals surface area contributed by atoms with E-state index >= 15 is 0 Å². The Morgan fingerprint density at radius 3 is 2.60 bits per heavy atom. The zero-order valence-electron chi connectivity index (χ0n) is 18.8. The lowest BCUT2D eigenvalue weighted by Gasteiger charge is -2.30. The molecule has 4 heterocycles. The van der Waals surface area contributed by atoms with Gasteiger partial charge in [-0.1, -0.05) is 30.3 Å². The van der Waals surface area contributed by atoms with E-state index in [9.17, 15) is 13.2 Å². The van der Waals surface area contributed by atoms with Crippen LogP contribution in [0.3, 0.4) is 0 Å². The molecule has 1 aliphatic heterocycles. The molecule has 0 radical (unpaired) electrons.